The summed E-state index contributed by atoms with van der Waals surface area (Å²) in [6.07, 6.45) is 0. The van der Waals surface area contributed by atoms with Crippen molar-refractivity contribution >= 4 is 55.3 Å². The summed E-state index contributed by atoms with van der Waals surface area (Å²) in [6.45, 7) is 0. The molecule has 1 atom stereocenters. The third kappa shape index (κ3) is 2.70. The van der Waals surface area contributed by atoms with E-state index in [4.69, 9.17) is 21.3 Å². The Hall–Kier alpha value is -3.91. The van der Waals surface area contributed by atoms with E-state index in [2.05, 4.69) is 103 Å². The fraction of sp³-hybridized carbons (Fsp3) is 0. The summed E-state index contributed by atoms with van der Waals surface area (Å²) in [5.41, 5.74) is 2.18. The minimum absolute atomic E-state index is 0.802. The van der Waals surface area contributed by atoms with Crippen molar-refractivity contribution in [3.63, 3.8) is 0 Å². The van der Waals surface area contributed by atoms with Crippen LogP contribution in [0, 0.1) is 0 Å². The molecule has 0 N–H and O–H groups in total. The first-order chi connectivity index (χ1) is 17.7. The molecule has 36 heavy (non-hydrogen) atoms. The smallest absolute Gasteiger partial charge is 0.140 e. The van der Waals surface area contributed by atoms with Crippen molar-refractivity contribution in [3.8, 4) is 34.1 Å². The molecule has 2 aliphatic heterocycles. The van der Waals surface area contributed by atoms with Gasteiger partial charge in [-0.1, -0.05) is 90.7 Å². The van der Waals surface area contributed by atoms with Crippen molar-refractivity contribution in [2.24, 2.45) is 0 Å². The van der Waals surface area contributed by atoms with Crippen LogP contribution >= 0.6 is 6.04 Å². The van der Waals surface area contributed by atoms with Crippen molar-refractivity contribution in [1.29, 1.82) is 0 Å². The molecule has 0 aromatic heterocycles. The molecule has 2 nitrogen and oxygen atoms in total. The topological polar surface area (TPSA) is 18.5 Å². The highest BCUT2D eigenvalue weighted by Crippen LogP contribution is 2.60. The molecule has 0 amide bonds. The van der Waals surface area contributed by atoms with Gasteiger partial charge in [0.1, 0.15) is 23.0 Å². The highest BCUT2D eigenvalue weighted by atomic mass is 32.4. The molecule has 0 aliphatic carbocycles. The molecular weight excluding hydrogens is 479 g/mol. The molecule has 1 unspecified atom stereocenters. The molecular formula is C32H19O2PS. The molecule has 6 aromatic carbocycles. The fourth-order valence-electron chi connectivity index (χ4n) is 5.62. The molecule has 0 fully saturated rings. The summed E-state index contributed by atoms with van der Waals surface area (Å²) in [5.74, 6) is 3.30. The van der Waals surface area contributed by atoms with Gasteiger partial charge in [-0.05, 0) is 69.1 Å². The van der Waals surface area contributed by atoms with Crippen LogP contribution in [0.4, 0.5) is 0 Å². The van der Waals surface area contributed by atoms with Gasteiger partial charge < -0.3 is 9.47 Å². The fourth-order valence-corrected chi connectivity index (χ4v) is 10.4. The van der Waals surface area contributed by atoms with E-state index in [0.717, 1.165) is 55.4 Å². The molecule has 0 saturated heterocycles. The Morgan fingerprint density at radius 1 is 0.472 bits per heavy atom. The Morgan fingerprint density at radius 3 is 2.00 bits per heavy atom. The van der Waals surface area contributed by atoms with Gasteiger partial charge in [0.15, 0.2) is 0 Å². The summed E-state index contributed by atoms with van der Waals surface area (Å²) in [4.78, 5) is 0. The summed E-state index contributed by atoms with van der Waals surface area (Å²) in [6, 6.07) is 37.7. The van der Waals surface area contributed by atoms with Crippen molar-refractivity contribution in [2.45, 2.75) is 0 Å². The molecule has 170 valence electrons. The highest BCUT2D eigenvalue weighted by Gasteiger charge is 2.43. The monoisotopic (exact) mass is 498 g/mol. The van der Waals surface area contributed by atoms with Gasteiger partial charge in [0, 0.05) is 10.6 Å². The molecule has 6 aromatic rings. The Morgan fingerprint density at radius 2 is 1.14 bits per heavy atom. The van der Waals surface area contributed by atoms with E-state index in [1.807, 2.05) is 12.1 Å². The van der Waals surface area contributed by atoms with E-state index < -0.39 is 6.04 Å². The van der Waals surface area contributed by atoms with Crippen LogP contribution in [-0.2, 0) is 11.8 Å². The standard InChI is InChI=1S/C32H19O2PS/c36-35-30-12-6-5-11-26(30)33-28-18-24(23-14-13-20-7-1-2-9-22(20)17-23)19-29(32(28)35)34-27-16-15-21-8-3-4-10-25(21)31(27)35/h1-19H. The molecule has 0 radical (unpaired) electrons. The van der Waals surface area contributed by atoms with Crippen LogP contribution in [0.2, 0.25) is 0 Å². The lowest BCUT2D eigenvalue weighted by atomic mass is 10.0. The average molecular weight is 499 g/mol. The lowest BCUT2D eigenvalue weighted by Crippen LogP contribution is -2.35. The number of fused-ring (bicyclic) bond motifs is 7. The predicted octanol–water partition coefficient (Wildman–Crippen LogP) is 7.63. The van der Waals surface area contributed by atoms with Crippen LogP contribution in [0.25, 0.3) is 32.7 Å². The zero-order valence-electron chi connectivity index (χ0n) is 19.1. The summed E-state index contributed by atoms with van der Waals surface area (Å²) < 4.78 is 13.2. The van der Waals surface area contributed by atoms with Gasteiger partial charge >= 0.3 is 0 Å². The number of para-hydroxylation sites is 1. The van der Waals surface area contributed by atoms with Gasteiger partial charge in [-0.15, -0.1) is 0 Å². The minimum atomic E-state index is -2.43. The Balaban J connectivity index is 1.44. The highest BCUT2D eigenvalue weighted by molar-refractivity contribution is 8.26. The minimum Gasteiger partial charge on any atom is -0.456 e. The second kappa shape index (κ2) is 7.30. The normalized spacial score (nSPS) is 17.0. The van der Waals surface area contributed by atoms with Gasteiger partial charge in [0.2, 0.25) is 0 Å². The quantitative estimate of drug-likeness (QED) is 0.217. The lowest BCUT2D eigenvalue weighted by molar-refractivity contribution is 0.467. The Labute approximate surface area is 213 Å². The van der Waals surface area contributed by atoms with E-state index in [1.165, 1.54) is 16.2 Å². The summed E-state index contributed by atoms with van der Waals surface area (Å²) >= 11 is 6.76. The Bertz CT molecular complexity index is 1920. The maximum Gasteiger partial charge on any atom is 0.140 e. The maximum atomic E-state index is 6.76. The average Bonchev–Trinajstić information content (AvgIpc) is 2.92. The van der Waals surface area contributed by atoms with Gasteiger partial charge in [0.05, 0.1) is 11.3 Å². The third-order valence-corrected chi connectivity index (χ3v) is 12.2. The largest absolute Gasteiger partial charge is 0.456 e. The Kier molecular flexibility index (Phi) is 4.12. The van der Waals surface area contributed by atoms with Crippen LogP contribution in [-0.4, -0.2) is 0 Å². The number of hydrogen-bond donors (Lipinski definition) is 0. The number of hydrogen-bond acceptors (Lipinski definition) is 3. The summed E-state index contributed by atoms with van der Waals surface area (Å²) in [7, 11) is 0. The lowest BCUT2D eigenvalue weighted by Gasteiger charge is -2.38. The molecule has 2 aliphatic rings. The number of rotatable bonds is 1. The number of benzene rings is 6. The van der Waals surface area contributed by atoms with Gasteiger partial charge in [-0.2, -0.15) is 0 Å². The van der Waals surface area contributed by atoms with E-state index in [1.54, 1.807) is 0 Å². The molecule has 0 saturated carbocycles. The van der Waals surface area contributed by atoms with E-state index in [0.29, 0.717) is 0 Å². The maximum absolute atomic E-state index is 6.76. The SMILES string of the molecule is S=P12c3ccccc3Oc3cc(-c4ccc5ccccc5c4)cc(c31)Oc1ccc3ccccc3c12. The molecule has 4 heteroatoms. The first-order valence-corrected chi connectivity index (χ1v) is 14.8. The van der Waals surface area contributed by atoms with E-state index in [-0.39, 0.29) is 0 Å². The van der Waals surface area contributed by atoms with Crippen molar-refractivity contribution in [2.75, 3.05) is 0 Å². The van der Waals surface area contributed by atoms with Crippen molar-refractivity contribution in [3.05, 3.63) is 115 Å². The molecule has 8 rings (SSSR count). The number of ether oxygens (including phenoxy) is 2. The zero-order valence-corrected chi connectivity index (χ0v) is 20.9. The van der Waals surface area contributed by atoms with Gasteiger partial charge in [-0.3, -0.25) is 0 Å². The second-order valence-corrected chi connectivity index (χ2v) is 13.5. The molecule has 0 bridgehead atoms. The van der Waals surface area contributed by atoms with Crippen LogP contribution < -0.4 is 25.4 Å². The molecule has 0 spiro atoms. The van der Waals surface area contributed by atoms with Gasteiger partial charge in [-0.25, -0.2) is 0 Å². The predicted molar refractivity (Wildman–Crippen MR) is 153 cm³/mol. The van der Waals surface area contributed by atoms with E-state index >= 15 is 0 Å². The first-order valence-electron chi connectivity index (χ1n) is 12.0. The van der Waals surface area contributed by atoms with Crippen LogP contribution in [0.15, 0.2) is 115 Å². The van der Waals surface area contributed by atoms with Crippen LogP contribution in [0.5, 0.6) is 23.0 Å². The van der Waals surface area contributed by atoms with Crippen LogP contribution in [0.3, 0.4) is 0 Å². The van der Waals surface area contributed by atoms with Crippen LogP contribution in [0.1, 0.15) is 0 Å². The zero-order chi connectivity index (χ0) is 23.9. The van der Waals surface area contributed by atoms with Crippen molar-refractivity contribution < 1.29 is 9.47 Å². The van der Waals surface area contributed by atoms with E-state index in [9.17, 15) is 0 Å². The second-order valence-electron chi connectivity index (χ2n) is 9.30. The summed E-state index contributed by atoms with van der Waals surface area (Å²) in [5, 5.41) is 7.99. The van der Waals surface area contributed by atoms with Crippen molar-refractivity contribution in [1.82, 2.24) is 0 Å². The molecule has 2 heterocycles. The van der Waals surface area contributed by atoms with Gasteiger partial charge in [0.25, 0.3) is 0 Å². The third-order valence-electron chi connectivity index (χ3n) is 7.26. The first kappa shape index (κ1) is 20.3.